The number of halogens is 1. The van der Waals surface area contributed by atoms with Gasteiger partial charge in [-0.3, -0.25) is 4.90 Å². The number of anilines is 1. The molecule has 7 nitrogen and oxygen atoms in total. The zero-order valence-electron chi connectivity index (χ0n) is 15.2. The molecule has 0 spiro atoms. The van der Waals surface area contributed by atoms with Gasteiger partial charge in [0.25, 0.3) is 0 Å². The Kier molecular flexibility index (Phi) is 6.61. The smallest absolute Gasteiger partial charge is 0.319 e. The van der Waals surface area contributed by atoms with Crippen LogP contribution in [0.1, 0.15) is 13.8 Å². The van der Waals surface area contributed by atoms with Crippen molar-refractivity contribution in [3.05, 3.63) is 16.6 Å². The molecule has 3 rings (SSSR count). The monoisotopic (exact) mass is 427 g/mol. The van der Waals surface area contributed by atoms with Gasteiger partial charge in [-0.15, -0.1) is 0 Å². The maximum absolute atomic E-state index is 12.3. The highest BCUT2D eigenvalue weighted by atomic mass is 79.9. The lowest BCUT2D eigenvalue weighted by Gasteiger charge is -2.33. The lowest BCUT2D eigenvalue weighted by molar-refractivity contribution is -0.0288. The molecule has 1 aromatic rings. The average molecular weight is 428 g/mol. The predicted octanol–water partition coefficient (Wildman–Crippen LogP) is 2.70. The zero-order chi connectivity index (χ0) is 18.5. The first-order valence-electron chi connectivity index (χ1n) is 8.99. The molecular formula is C18H26BrN3O4. The number of urea groups is 1. The molecule has 144 valence electrons. The van der Waals surface area contributed by atoms with Crippen LogP contribution in [0.5, 0.6) is 11.5 Å². The zero-order valence-corrected chi connectivity index (χ0v) is 16.8. The van der Waals surface area contributed by atoms with E-state index in [1.807, 2.05) is 0 Å². The van der Waals surface area contributed by atoms with E-state index in [2.05, 4.69) is 45.3 Å². The highest BCUT2D eigenvalue weighted by molar-refractivity contribution is 9.10. The number of rotatable bonds is 5. The normalized spacial score (nSPS) is 20.1. The predicted molar refractivity (Wildman–Crippen MR) is 103 cm³/mol. The Hall–Kier alpha value is -1.51. The van der Waals surface area contributed by atoms with Crippen molar-refractivity contribution in [1.29, 1.82) is 0 Å². The fourth-order valence-electron chi connectivity index (χ4n) is 3.12. The number of carbonyl (C=O) groups is 1. The summed E-state index contributed by atoms with van der Waals surface area (Å²) in [7, 11) is 0. The minimum atomic E-state index is -0.271. The van der Waals surface area contributed by atoms with Crippen LogP contribution in [0.2, 0.25) is 0 Å². The minimum absolute atomic E-state index is 0.0111. The molecule has 2 aliphatic rings. The number of nitrogens with one attached hydrogen (secondary N) is 2. The van der Waals surface area contributed by atoms with E-state index in [1.165, 1.54) is 0 Å². The second-order valence-corrected chi connectivity index (χ2v) is 7.81. The second-order valence-electron chi connectivity index (χ2n) is 6.96. The number of ether oxygens (including phenoxy) is 3. The van der Waals surface area contributed by atoms with E-state index in [4.69, 9.17) is 14.2 Å². The van der Waals surface area contributed by atoms with Crippen LogP contribution in [0.3, 0.4) is 0 Å². The van der Waals surface area contributed by atoms with Crippen LogP contribution in [0, 0.1) is 5.92 Å². The van der Waals surface area contributed by atoms with Crippen molar-refractivity contribution < 1.29 is 19.0 Å². The fraction of sp³-hybridized carbons (Fsp3) is 0.611. The molecule has 0 aromatic heterocycles. The number of benzene rings is 1. The average Bonchev–Trinajstić information content (AvgIpc) is 2.60. The number of amides is 2. The summed E-state index contributed by atoms with van der Waals surface area (Å²) in [6.07, 6.45) is 0.0111. The number of carbonyl (C=O) groups excluding carboxylic acids is 1. The van der Waals surface area contributed by atoms with Gasteiger partial charge >= 0.3 is 6.03 Å². The van der Waals surface area contributed by atoms with E-state index in [0.717, 1.165) is 24.1 Å². The first-order chi connectivity index (χ1) is 12.5. The topological polar surface area (TPSA) is 72.1 Å². The first kappa shape index (κ1) is 19.3. The molecule has 0 unspecified atom stereocenters. The van der Waals surface area contributed by atoms with Crippen LogP contribution in [0.25, 0.3) is 0 Å². The molecule has 0 radical (unpaired) electrons. The summed E-state index contributed by atoms with van der Waals surface area (Å²) in [4.78, 5) is 14.6. The fourth-order valence-corrected chi connectivity index (χ4v) is 3.54. The number of hydrogen-bond donors (Lipinski definition) is 2. The Balaban J connectivity index is 1.50. The number of nitrogens with zero attached hydrogens (tertiary/aromatic N) is 1. The molecule has 0 saturated carbocycles. The molecule has 1 aromatic carbocycles. The van der Waals surface area contributed by atoms with Crippen LogP contribution in [-0.2, 0) is 4.74 Å². The summed E-state index contributed by atoms with van der Waals surface area (Å²) in [5.41, 5.74) is 0.637. The Morgan fingerprint density at radius 1 is 1.27 bits per heavy atom. The molecule has 2 N–H and O–H groups in total. The summed E-state index contributed by atoms with van der Waals surface area (Å²) in [6.45, 7) is 9.47. The van der Waals surface area contributed by atoms with Crippen molar-refractivity contribution in [2.24, 2.45) is 5.92 Å². The van der Waals surface area contributed by atoms with E-state index < -0.39 is 0 Å². The van der Waals surface area contributed by atoms with E-state index in [0.29, 0.717) is 49.5 Å². The summed E-state index contributed by atoms with van der Waals surface area (Å²) >= 11 is 3.45. The molecule has 1 saturated heterocycles. The molecule has 8 heteroatoms. The number of hydrogen-bond acceptors (Lipinski definition) is 5. The van der Waals surface area contributed by atoms with Crippen LogP contribution in [0.15, 0.2) is 16.6 Å². The molecule has 2 amide bonds. The lowest BCUT2D eigenvalue weighted by atomic mass is 10.2. The summed E-state index contributed by atoms with van der Waals surface area (Å²) in [5, 5.41) is 5.73. The van der Waals surface area contributed by atoms with Gasteiger partial charge in [-0.1, -0.05) is 13.8 Å². The van der Waals surface area contributed by atoms with Crippen molar-refractivity contribution in [3.63, 3.8) is 0 Å². The molecule has 1 atom stereocenters. The maximum atomic E-state index is 12.3. The first-order valence-corrected chi connectivity index (χ1v) is 9.78. The van der Waals surface area contributed by atoms with Crippen LogP contribution in [-0.4, -0.2) is 63.0 Å². The Morgan fingerprint density at radius 2 is 2.00 bits per heavy atom. The third-order valence-corrected chi connectivity index (χ3v) is 4.87. The van der Waals surface area contributed by atoms with E-state index in [9.17, 15) is 4.79 Å². The molecule has 0 bridgehead atoms. The molecule has 26 heavy (non-hydrogen) atoms. The Bertz CT molecular complexity index is 641. The SMILES string of the molecule is CC(C)CN1CCO[C@H](CNC(=O)Nc2cc3c(cc2Br)OCCO3)C1. The van der Waals surface area contributed by atoms with Gasteiger partial charge < -0.3 is 24.8 Å². The van der Waals surface area contributed by atoms with Crippen molar-refractivity contribution in [2.75, 3.05) is 51.3 Å². The minimum Gasteiger partial charge on any atom is -0.486 e. The van der Waals surface area contributed by atoms with Gasteiger partial charge in [-0.25, -0.2) is 4.79 Å². The van der Waals surface area contributed by atoms with Crippen molar-refractivity contribution >= 4 is 27.6 Å². The highest BCUT2D eigenvalue weighted by Crippen LogP contribution is 2.38. The largest absolute Gasteiger partial charge is 0.486 e. The molecule has 1 fully saturated rings. The summed E-state index contributed by atoms with van der Waals surface area (Å²) in [6, 6.07) is 3.30. The maximum Gasteiger partial charge on any atom is 0.319 e. The van der Waals surface area contributed by atoms with Crippen molar-refractivity contribution in [2.45, 2.75) is 20.0 Å². The van der Waals surface area contributed by atoms with Gasteiger partial charge in [0.15, 0.2) is 11.5 Å². The third kappa shape index (κ3) is 5.25. The molecule has 0 aliphatic carbocycles. The van der Waals surface area contributed by atoms with Gasteiger partial charge in [0, 0.05) is 42.8 Å². The summed E-state index contributed by atoms with van der Waals surface area (Å²) in [5.74, 6) is 1.93. The number of fused-ring (bicyclic) bond motifs is 1. The molecular weight excluding hydrogens is 402 g/mol. The van der Waals surface area contributed by atoms with E-state index in [1.54, 1.807) is 12.1 Å². The van der Waals surface area contributed by atoms with Gasteiger partial charge in [-0.05, 0) is 21.8 Å². The Morgan fingerprint density at radius 3 is 2.73 bits per heavy atom. The van der Waals surface area contributed by atoms with Gasteiger partial charge in [0.05, 0.1) is 18.4 Å². The molecule has 2 heterocycles. The highest BCUT2D eigenvalue weighted by Gasteiger charge is 2.22. The quantitative estimate of drug-likeness (QED) is 0.755. The van der Waals surface area contributed by atoms with E-state index >= 15 is 0 Å². The number of morpholine rings is 1. The van der Waals surface area contributed by atoms with Crippen LogP contribution >= 0.6 is 15.9 Å². The summed E-state index contributed by atoms with van der Waals surface area (Å²) < 4.78 is 17.6. The van der Waals surface area contributed by atoms with Crippen LogP contribution < -0.4 is 20.1 Å². The van der Waals surface area contributed by atoms with Gasteiger partial charge in [-0.2, -0.15) is 0 Å². The third-order valence-electron chi connectivity index (χ3n) is 4.22. The molecule has 2 aliphatic heterocycles. The Labute approximate surface area is 162 Å². The van der Waals surface area contributed by atoms with Crippen molar-refractivity contribution in [1.82, 2.24) is 10.2 Å². The van der Waals surface area contributed by atoms with Gasteiger partial charge in [0.2, 0.25) is 0 Å². The van der Waals surface area contributed by atoms with Crippen LogP contribution in [0.4, 0.5) is 10.5 Å². The van der Waals surface area contributed by atoms with Gasteiger partial charge in [0.1, 0.15) is 13.2 Å². The standard InChI is InChI=1S/C18H26BrN3O4/c1-12(2)10-22-3-4-24-13(11-22)9-20-18(23)21-15-8-17-16(7-14(15)19)25-5-6-26-17/h7-8,12-13H,3-6,9-11H2,1-2H3,(H2,20,21,23)/t13-/m1/s1. The lowest BCUT2D eigenvalue weighted by Crippen LogP contribution is -2.48. The van der Waals surface area contributed by atoms with E-state index in [-0.39, 0.29) is 12.1 Å². The second kappa shape index (κ2) is 8.92. The van der Waals surface area contributed by atoms with Crippen molar-refractivity contribution in [3.8, 4) is 11.5 Å².